The second-order valence-corrected chi connectivity index (χ2v) is 6.54. The average Bonchev–Trinajstić information content (AvgIpc) is 2.24. The third kappa shape index (κ3) is 5.36. The summed E-state index contributed by atoms with van der Waals surface area (Å²) in [6.45, 7) is 8.98. The van der Waals surface area contributed by atoms with Gasteiger partial charge >= 0.3 is 0 Å². The molecule has 0 spiro atoms. The van der Waals surface area contributed by atoms with E-state index in [1.165, 1.54) is 11.6 Å². The molecule has 0 rings (SSSR count). The highest BCUT2D eigenvalue weighted by atomic mass is 35.5. The highest BCUT2D eigenvalue weighted by Crippen LogP contribution is 2.27. The first-order valence-corrected chi connectivity index (χ1v) is 6.55. The predicted molar refractivity (Wildman–Crippen MR) is 76.8 cm³/mol. The van der Waals surface area contributed by atoms with E-state index in [-0.39, 0.29) is 16.6 Å². The zero-order chi connectivity index (χ0) is 14.6. The molecular weight excluding hydrogens is 271 g/mol. The van der Waals surface area contributed by atoms with Gasteiger partial charge in [0.2, 0.25) is 0 Å². The van der Waals surface area contributed by atoms with Crippen molar-refractivity contribution in [1.29, 1.82) is 0 Å². The molecule has 0 aliphatic heterocycles. The second-order valence-electron chi connectivity index (χ2n) is 5.88. The fourth-order valence-corrected chi connectivity index (χ4v) is 1.65. The van der Waals surface area contributed by atoms with Crippen LogP contribution in [0.25, 0.3) is 0 Å². The van der Waals surface area contributed by atoms with E-state index in [0.29, 0.717) is 6.42 Å². The molecule has 0 atom stereocenters. The predicted octanol–water partition coefficient (Wildman–Crippen LogP) is 4.46. The maximum atomic E-state index is 11.9. The van der Waals surface area contributed by atoms with Gasteiger partial charge in [0.25, 0.3) is 0 Å². The Bertz CT molecular complexity index is 385. The highest BCUT2D eigenvalue weighted by molar-refractivity contribution is 6.43. The quantitative estimate of drug-likeness (QED) is 0.701. The number of rotatable bonds is 5. The van der Waals surface area contributed by atoms with Gasteiger partial charge in [-0.15, -0.1) is 0 Å². The molecule has 0 saturated carbocycles. The zero-order valence-corrected chi connectivity index (χ0v) is 13.0. The molecule has 0 aromatic carbocycles. The van der Waals surface area contributed by atoms with Gasteiger partial charge in [-0.1, -0.05) is 63.9 Å². The molecule has 0 bridgehead atoms. The lowest BCUT2D eigenvalue weighted by atomic mass is 9.83. The van der Waals surface area contributed by atoms with E-state index in [9.17, 15) is 9.59 Å². The SMILES string of the molecule is CC(C)(C)C(=O)/C(Cl)=C/CC(C)(C)C(=O)/C=C/Cl. The molecule has 18 heavy (non-hydrogen) atoms. The van der Waals surface area contributed by atoms with Crippen LogP contribution >= 0.6 is 23.2 Å². The molecule has 0 saturated heterocycles. The van der Waals surface area contributed by atoms with Crippen LogP contribution in [0.1, 0.15) is 41.0 Å². The van der Waals surface area contributed by atoms with Crippen LogP contribution < -0.4 is 0 Å². The fraction of sp³-hybridized carbons (Fsp3) is 0.571. The Morgan fingerprint density at radius 2 is 1.61 bits per heavy atom. The topological polar surface area (TPSA) is 34.1 Å². The van der Waals surface area contributed by atoms with Crippen molar-refractivity contribution in [3.63, 3.8) is 0 Å². The summed E-state index contributed by atoms with van der Waals surface area (Å²) in [4.78, 5) is 23.6. The van der Waals surface area contributed by atoms with Crippen LogP contribution in [0.15, 0.2) is 22.7 Å². The van der Waals surface area contributed by atoms with Crippen LogP contribution in [0.3, 0.4) is 0 Å². The minimum atomic E-state index is -0.621. The first-order chi connectivity index (χ1) is 8.02. The first-order valence-electron chi connectivity index (χ1n) is 5.74. The summed E-state index contributed by atoms with van der Waals surface area (Å²) in [6, 6.07) is 0. The van der Waals surface area contributed by atoms with Gasteiger partial charge in [-0.25, -0.2) is 0 Å². The Labute approximate surface area is 119 Å². The number of carbonyl (C=O) groups excluding carboxylic acids is 2. The van der Waals surface area contributed by atoms with Gasteiger partial charge in [0.1, 0.15) is 0 Å². The van der Waals surface area contributed by atoms with E-state index < -0.39 is 10.8 Å². The molecular formula is C14H20Cl2O2. The molecule has 2 nitrogen and oxygen atoms in total. The Kier molecular flexibility index (Phi) is 6.32. The third-order valence-corrected chi connectivity index (χ3v) is 3.02. The molecule has 0 fully saturated rings. The molecule has 0 aromatic rings. The van der Waals surface area contributed by atoms with Gasteiger partial charge in [0, 0.05) is 16.4 Å². The van der Waals surface area contributed by atoms with Gasteiger partial charge in [0.15, 0.2) is 11.6 Å². The van der Waals surface area contributed by atoms with Crippen LogP contribution in [-0.4, -0.2) is 11.6 Å². The van der Waals surface area contributed by atoms with E-state index in [1.807, 2.05) is 0 Å². The second kappa shape index (κ2) is 6.53. The largest absolute Gasteiger partial charge is 0.294 e. The van der Waals surface area contributed by atoms with E-state index >= 15 is 0 Å². The van der Waals surface area contributed by atoms with E-state index in [1.54, 1.807) is 40.7 Å². The third-order valence-electron chi connectivity index (χ3n) is 2.57. The highest BCUT2D eigenvalue weighted by Gasteiger charge is 2.27. The standard InChI is InChI=1S/C14H20Cl2O2/c1-13(2,3)12(18)10(16)6-8-14(4,5)11(17)7-9-15/h6-7,9H,8H2,1-5H3/b9-7+,10-6-. The van der Waals surface area contributed by atoms with Gasteiger partial charge in [0.05, 0.1) is 5.03 Å². The van der Waals surface area contributed by atoms with Crippen LogP contribution in [0.4, 0.5) is 0 Å². The smallest absolute Gasteiger partial charge is 0.179 e. The normalized spacial score (nSPS) is 14.1. The van der Waals surface area contributed by atoms with Crippen LogP contribution in [0, 0.1) is 10.8 Å². The summed E-state index contributed by atoms with van der Waals surface area (Å²) < 4.78 is 0. The molecule has 0 heterocycles. The maximum absolute atomic E-state index is 11.9. The average molecular weight is 291 g/mol. The van der Waals surface area contributed by atoms with Gasteiger partial charge < -0.3 is 0 Å². The lowest BCUT2D eigenvalue weighted by molar-refractivity contribution is -0.123. The molecule has 0 radical (unpaired) electrons. The Hall–Kier alpha value is -0.600. The van der Waals surface area contributed by atoms with Crippen molar-refractivity contribution in [3.8, 4) is 0 Å². The zero-order valence-electron chi connectivity index (χ0n) is 11.5. The van der Waals surface area contributed by atoms with Crippen molar-refractivity contribution in [2.75, 3.05) is 0 Å². The fourth-order valence-electron chi connectivity index (χ4n) is 1.18. The number of allylic oxidation sites excluding steroid dienone is 3. The van der Waals surface area contributed by atoms with Crippen molar-refractivity contribution in [1.82, 2.24) is 0 Å². The van der Waals surface area contributed by atoms with Crippen molar-refractivity contribution in [2.24, 2.45) is 10.8 Å². The Balaban J connectivity index is 4.84. The van der Waals surface area contributed by atoms with Crippen molar-refractivity contribution in [3.05, 3.63) is 22.7 Å². The summed E-state index contributed by atoms with van der Waals surface area (Å²) >= 11 is 11.3. The first kappa shape index (κ1) is 17.4. The summed E-state index contributed by atoms with van der Waals surface area (Å²) in [7, 11) is 0. The minimum absolute atomic E-state index is 0.0959. The molecule has 0 amide bonds. The van der Waals surface area contributed by atoms with E-state index in [0.717, 1.165) is 0 Å². The monoisotopic (exact) mass is 290 g/mol. The van der Waals surface area contributed by atoms with Gasteiger partial charge in [-0.2, -0.15) is 0 Å². The number of hydrogen-bond acceptors (Lipinski definition) is 2. The van der Waals surface area contributed by atoms with Crippen LogP contribution in [-0.2, 0) is 9.59 Å². The number of hydrogen-bond donors (Lipinski definition) is 0. The number of ketones is 2. The van der Waals surface area contributed by atoms with E-state index in [4.69, 9.17) is 23.2 Å². The summed E-state index contributed by atoms with van der Waals surface area (Å²) in [5.74, 6) is -0.221. The number of Topliss-reactive ketones (excluding diaryl/α,β-unsaturated/α-hetero) is 1. The van der Waals surface area contributed by atoms with Crippen LogP contribution in [0.2, 0.25) is 0 Å². The molecule has 0 aromatic heterocycles. The van der Waals surface area contributed by atoms with Gasteiger partial charge in [-0.3, -0.25) is 9.59 Å². The Morgan fingerprint density at radius 1 is 1.11 bits per heavy atom. The molecule has 0 aliphatic rings. The molecule has 0 unspecified atom stereocenters. The molecule has 102 valence electrons. The molecule has 4 heteroatoms. The van der Waals surface area contributed by atoms with Crippen molar-refractivity contribution >= 4 is 34.8 Å². The number of halogens is 2. The number of carbonyl (C=O) groups is 2. The van der Waals surface area contributed by atoms with Crippen molar-refractivity contribution < 1.29 is 9.59 Å². The molecule has 0 aliphatic carbocycles. The summed E-state index contributed by atoms with van der Waals surface area (Å²) in [5, 5.41) is 0.179. The van der Waals surface area contributed by atoms with Gasteiger partial charge in [-0.05, 0) is 12.5 Å². The van der Waals surface area contributed by atoms with E-state index in [2.05, 4.69) is 0 Å². The summed E-state index contributed by atoms with van der Waals surface area (Å²) in [6.07, 6.45) is 3.32. The van der Waals surface area contributed by atoms with Crippen LogP contribution in [0.5, 0.6) is 0 Å². The molecule has 0 N–H and O–H groups in total. The van der Waals surface area contributed by atoms with Crippen molar-refractivity contribution in [2.45, 2.75) is 41.0 Å². The lowest BCUT2D eigenvalue weighted by Crippen LogP contribution is -2.23. The lowest BCUT2D eigenvalue weighted by Gasteiger charge is -2.20. The maximum Gasteiger partial charge on any atom is 0.179 e. The Morgan fingerprint density at radius 3 is 2.00 bits per heavy atom. The minimum Gasteiger partial charge on any atom is -0.294 e. The summed E-state index contributed by atoms with van der Waals surface area (Å²) in [5.41, 5.74) is 0.0528.